The first kappa shape index (κ1) is 13.1. The van der Waals surface area contributed by atoms with E-state index in [1.807, 2.05) is 0 Å². The van der Waals surface area contributed by atoms with Crippen molar-refractivity contribution in [2.24, 2.45) is 0 Å². The highest BCUT2D eigenvalue weighted by Gasteiger charge is 2.14. The van der Waals surface area contributed by atoms with Gasteiger partial charge in [-0.15, -0.1) is 0 Å². The van der Waals surface area contributed by atoms with Crippen LogP contribution < -0.4 is 0 Å². The van der Waals surface area contributed by atoms with Crippen molar-refractivity contribution in [3.63, 3.8) is 0 Å². The molecule has 0 heterocycles. The van der Waals surface area contributed by atoms with Gasteiger partial charge in [0.25, 0.3) is 0 Å². The van der Waals surface area contributed by atoms with E-state index in [0.717, 1.165) is 0 Å². The molecule has 0 aliphatic carbocycles. The summed E-state index contributed by atoms with van der Waals surface area (Å²) in [6, 6.07) is 0.732. The standard InChI is InChI=1S/C11H9F3O3/c1-2-17-11(16)5-10(15)6-3-8(13)9(14)4-7(6)12/h3-5,15H,2H2,1H3. The third kappa shape index (κ3) is 3.24. The fraction of sp³-hybridized carbons (Fsp3) is 0.182. The summed E-state index contributed by atoms with van der Waals surface area (Å²) in [7, 11) is 0. The van der Waals surface area contributed by atoms with Crippen LogP contribution in [0.15, 0.2) is 18.2 Å². The van der Waals surface area contributed by atoms with Crippen LogP contribution in [0.4, 0.5) is 13.2 Å². The maximum atomic E-state index is 13.2. The van der Waals surface area contributed by atoms with Crippen molar-refractivity contribution >= 4 is 11.7 Å². The van der Waals surface area contributed by atoms with Crippen LogP contribution in [-0.4, -0.2) is 17.7 Å². The minimum absolute atomic E-state index is 0.0723. The van der Waals surface area contributed by atoms with Crippen LogP contribution in [0, 0.1) is 17.5 Å². The van der Waals surface area contributed by atoms with Crippen LogP contribution in [0.3, 0.4) is 0 Å². The lowest BCUT2D eigenvalue weighted by atomic mass is 10.1. The molecule has 0 unspecified atom stereocenters. The number of esters is 1. The van der Waals surface area contributed by atoms with Gasteiger partial charge in [0.2, 0.25) is 0 Å². The summed E-state index contributed by atoms with van der Waals surface area (Å²) in [5.41, 5.74) is -0.614. The smallest absolute Gasteiger partial charge is 0.334 e. The average Bonchev–Trinajstić information content (AvgIpc) is 2.23. The second kappa shape index (κ2) is 5.38. The van der Waals surface area contributed by atoms with Gasteiger partial charge in [-0.2, -0.15) is 0 Å². The van der Waals surface area contributed by atoms with E-state index in [1.54, 1.807) is 6.92 Å². The molecule has 6 heteroatoms. The van der Waals surface area contributed by atoms with Gasteiger partial charge in [-0.3, -0.25) is 0 Å². The molecule has 1 aromatic rings. The van der Waals surface area contributed by atoms with E-state index in [0.29, 0.717) is 12.1 Å². The minimum Gasteiger partial charge on any atom is -0.507 e. The van der Waals surface area contributed by atoms with Gasteiger partial charge >= 0.3 is 5.97 Å². The lowest BCUT2D eigenvalue weighted by Gasteiger charge is -2.03. The second-order valence-corrected chi connectivity index (χ2v) is 3.03. The number of rotatable bonds is 3. The average molecular weight is 246 g/mol. The number of carbonyl (C=O) groups is 1. The Hall–Kier alpha value is -1.98. The molecule has 0 atom stereocenters. The molecule has 0 radical (unpaired) electrons. The first-order valence-corrected chi connectivity index (χ1v) is 4.68. The van der Waals surface area contributed by atoms with E-state index < -0.39 is 34.7 Å². The molecule has 0 aliphatic rings. The highest BCUT2D eigenvalue weighted by atomic mass is 19.2. The summed E-state index contributed by atoms with van der Waals surface area (Å²) < 4.78 is 43.0. The molecule has 0 saturated carbocycles. The molecule has 17 heavy (non-hydrogen) atoms. The van der Waals surface area contributed by atoms with Gasteiger partial charge in [0.15, 0.2) is 11.6 Å². The van der Waals surface area contributed by atoms with E-state index in [4.69, 9.17) is 0 Å². The number of hydrogen-bond acceptors (Lipinski definition) is 3. The van der Waals surface area contributed by atoms with E-state index in [1.165, 1.54) is 0 Å². The monoisotopic (exact) mass is 246 g/mol. The third-order valence-corrected chi connectivity index (χ3v) is 1.83. The second-order valence-electron chi connectivity index (χ2n) is 3.03. The summed E-state index contributed by atoms with van der Waals surface area (Å²) in [6.45, 7) is 1.61. The highest BCUT2D eigenvalue weighted by molar-refractivity contribution is 5.89. The molecule has 92 valence electrons. The zero-order chi connectivity index (χ0) is 13.0. The van der Waals surface area contributed by atoms with E-state index in [-0.39, 0.29) is 12.7 Å². The van der Waals surface area contributed by atoms with Crippen molar-refractivity contribution in [1.29, 1.82) is 0 Å². The molecular formula is C11H9F3O3. The number of ether oxygens (including phenoxy) is 1. The molecule has 0 aromatic heterocycles. The summed E-state index contributed by atoms with van der Waals surface area (Å²) in [6.07, 6.45) is 0.583. The zero-order valence-electron chi connectivity index (χ0n) is 8.84. The van der Waals surface area contributed by atoms with Gasteiger partial charge in [-0.25, -0.2) is 18.0 Å². The van der Waals surface area contributed by atoms with Crippen LogP contribution in [0.5, 0.6) is 0 Å². The fourth-order valence-corrected chi connectivity index (χ4v) is 1.09. The summed E-state index contributed by atoms with van der Waals surface area (Å²) in [5.74, 6) is -5.63. The molecule has 0 aliphatic heterocycles. The van der Waals surface area contributed by atoms with Gasteiger partial charge < -0.3 is 9.84 Å². The van der Waals surface area contributed by atoms with Gasteiger partial charge in [0.1, 0.15) is 11.6 Å². The van der Waals surface area contributed by atoms with Crippen LogP contribution in [0.25, 0.3) is 5.76 Å². The summed E-state index contributed by atoms with van der Waals surface area (Å²) in [4.78, 5) is 10.9. The van der Waals surface area contributed by atoms with Crippen molar-refractivity contribution in [3.05, 3.63) is 41.2 Å². The lowest BCUT2D eigenvalue weighted by molar-refractivity contribution is -0.137. The Balaban J connectivity index is 3.08. The Morgan fingerprint density at radius 1 is 1.29 bits per heavy atom. The first-order valence-electron chi connectivity index (χ1n) is 4.68. The predicted molar refractivity (Wildman–Crippen MR) is 53.6 cm³/mol. The lowest BCUT2D eigenvalue weighted by Crippen LogP contribution is -2.02. The number of benzene rings is 1. The zero-order valence-corrected chi connectivity index (χ0v) is 8.84. The quantitative estimate of drug-likeness (QED) is 0.386. The van der Waals surface area contributed by atoms with Crippen LogP contribution in [0.1, 0.15) is 12.5 Å². The number of halogens is 3. The Morgan fingerprint density at radius 3 is 2.47 bits per heavy atom. The molecule has 0 fully saturated rings. The molecule has 0 saturated heterocycles. The molecule has 0 amide bonds. The molecule has 1 aromatic carbocycles. The van der Waals surface area contributed by atoms with E-state index in [9.17, 15) is 23.1 Å². The van der Waals surface area contributed by atoms with Gasteiger partial charge in [0, 0.05) is 6.07 Å². The molecular weight excluding hydrogens is 237 g/mol. The van der Waals surface area contributed by atoms with Gasteiger partial charge in [0.05, 0.1) is 18.2 Å². The van der Waals surface area contributed by atoms with Gasteiger partial charge in [-0.1, -0.05) is 0 Å². The number of hydrogen-bond donors (Lipinski definition) is 1. The van der Waals surface area contributed by atoms with E-state index >= 15 is 0 Å². The van der Waals surface area contributed by atoms with Crippen molar-refractivity contribution < 1.29 is 27.8 Å². The predicted octanol–water partition coefficient (Wildman–Crippen LogP) is 2.57. The Bertz CT molecular complexity index is 469. The Kier molecular flexibility index (Phi) is 4.14. The van der Waals surface area contributed by atoms with Crippen molar-refractivity contribution in [1.82, 2.24) is 0 Å². The van der Waals surface area contributed by atoms with Crippen molar-refractivity contribution in [3.8, 4) is 0 Å². The highest BCUT2D eigenvalue weighted by Crippen LogP contribution is 2.19. The first-order chi connectivity index (χ1) is 7.95. The topological polar surface area (TPSA) is 46.5 Å². The van der Waals surface area contributed by atoms with Crippen molar-refractivity contribution in [2.45, 2.75) is 6.92 Å². The fourth-order valence-electron chi connectivity index (χ4n) is 1.09. The molecule has 3 nitrogen and oxygen atoms in total. The van der Waals surface area contributed by atoms with E-state index in [2.05, 4.69) is 4.74 Å². The molecule has 0 bridgehead atoms. The summed E-state index contributed by atoms with van der Waals surface area (Å²) >= 11 is 0. The summed E-state index contributed by atoms with van der Waals surface area (Å²) in [5, 5.41) is 9.34. The number of aliphatic hydroxyl groups is 1. The van der Waals surface area contributed by atoms with Gasteiger partial charge in [-0.05, 0) is 13.0 Å². The van der Waals surface area contributed by atoms with Crippen LogP contribution in [-0.2, 0) is 9.53 Å². The molecule has 0 spiro atoms. The van der Waals surface area contributed by atoms with Crippen molar-refractivity contribution in [2.75, 3.05) is 6.61 Å². The molecule has 1 rings (SSSR count). The maximum Gasteiger partial charge on any atom is 0.334 e. The normalized spacial score (nSPS) is 11.4. The largest absolute Gasteiger partial charge is 0.507 e. The SMILES string of the molecule is CCOC(=O)C=C(O)c1cc(F)c(F)cc1F. The third-order valence-electron chi connectivity index (χ3n) is 1.83. The molecule has 1 N–H and O–H groups in total. The maximum absolute atomic E-state index is 13.2. The van der Waals surface area contributed by atoms with Crippen LogP contribution >= 0.6 is 0 Å². The van der Waals surface area contributed by atoms with Crippen LogP contribution in [0.2, 0.25) is 0 Å². The minimum atomic E-state index is -1.38. The number of aliphatic hydroxyl groups excluding tert-OH is 1. The Morgan fingerprint density at radius 2 is 1.88 bits per heavy atom. The number of carbonyl (C=O) groups excluding carboxylic acids is 1. The Labute approximate surface area is 95.1 Å².